The Morgan fingerprint density at radius 2 is 1.79 bits per heavy atom. The fourth-order valence-corrected chi connectivity index (χ4v) is 4.59. The van der Waals surface area contributed by atoms with Crippen molar-refractivity contribution in [2.24, 2.45) is 5.92 Å². The van der Waals surface area contributed by atoms with Crippen molar-refractivity contribution in [2.75, 3.05) is 19.6 Å². The Morgan fingerprint density at radius 1 is 1.07 bits per heavy atom. The molecule has 5 nitrogen and oxygen atoms in total. The van der Waals surface area contributed by atoms with Crippen molar-refractivity contribution in [2.45, 2.75) is 71.0 Å². The number of carbonyl (C=O) groups excluding carboxylic acids is 2. The molecule has 2 aliphatic heterocycles. The van der Waals surface area contributed by atoms with Crippen LogP contribution in [0.15, 0.2) is 30.3 Å². The van der Waals surface area contributed by atoms with E-state index in [0.29, 0.717) is 12.6 Å². The van der Waals surface area contributed by atoms with Gasteiger partial charge in [0.25, 0.3) is 0 Å². The van der Waals surface area contributed by atoms with E-state index in [9.17, 15) is 9.59 Å². The van der Waals surface area contributed by atoms with Gasteiger partial charge in [0, 0.05) is 25.0 Å². The number of rotatable bonds is 6. The number of carbonyl (C=O) groups is 2. The topological polar surface area (TPSA) is 52.7 Å². The van der Waals surface area contributed by atoms with Crippen LogP contribution >= 0.6 is 0 Å². The minimum atomic E-state index is -0.0829. The van der Waals surface area contributed by atoms with Gasteiger partial charge in [0.2, 0.25) is 11.8 Å². The van der Waals surface area contributed by atoms with Crippen molar-refractivity contribution in [1.29, 1.82) is 0 Å². The first-order valence-electron chi connectivity index (χ1n) is 11.0. The first kappa shape index (κ1) is 20.8. The van der Waals surface area contributed by atoms with Crippen LogP contribution in [-0.2, 0) is 16.1 Å². The molecule has 5 heteroatoms. The predicted octanol–water partition coefficient (Wildman–Crippen LogP) is 3.19. The molecule has 1 aromatic carbocycles. The molecule has 2 aliphatic rings. The van der Waals surface area contributed by atoms with Crippen molar-refractivity contribution >= 4 is 11.8 Å². The molecule has 0 spiro atoms. The van der Waals surface area contributed by atoms with E-state index in [1.165, 1.54) is 6.42 Å². The highest BCUT2D eigenvalue weighted by atomic mass is 16.2. The van der Waals surface area contributed by atoms with Gasteiger partial charge in [-0.15, -0.1) is 0 Å². The molecule has 0 aliphatic carbocycles. The van der Waals surface area contributed by atoms with Crippen molar-refractivity contribution < 1.29 is 9.59 Å². The lowest BCUT2D eigenvalue weighted by Gasteiger charge is -2.41. The summed E-state index contributed by atoms with van der Waals surface area (Å²) < 4.78 is 0. The normalized spacial score (nSPS) is 22.6. The fraction of sp³-hybridized carbons (Fsp3) is 0.652. The molecule has 2 fully saturated rings. The average Bonchev–Trinajstić information content (AvgIpc) is 2.77. The Hall–Kier alpha value is -1.88. The third kappa shape index (κ3) is 5.13. The molecule has 28 heavy (non-hydrogen) atoms. The van der Waals surface area contributed by atoms with Gasteiger partial charge in [-0.1, -0.05) is 37.3 Å². The fourth-order valence-electron chi connectivity index (χ4n) is 4.59. The van der Waals surface area contributed by atoms with Gasteiger partial charge in [0.05, 0.1) is 6.04 Å². The molecule has 0 aromatic heterocycles. The Morgan fingerprint density at radius 3 is 2.46 bits per heavy atom. The number of nitrogens with one attached hydrogen (secondary N) is 1. The molecule has 154 valence electrons. The number of amides is 2. The highest BCUT2D eigenvalue weighted by molar-refractivity contribution is 5.82. The van der Waals surface area contributed by atoms with E-state index < -0.39 is 0 Å². The SMILES string of the molecule is CCC1CCCCN1C(=O)C(C)N1CCC(C(=O)NCc2ccccc2)CC1. The number of hydrogen-bond acceptors (Lipinski definition) is 3. The molecule has 0 saturated carbocycles. The summed E-state index contributed by atoms with van der Waals surface area (Å²) in [6.07, 6.45) is 6.20. The molecular weight excluding hydrogens is 350 g/mol. The van der Waals surface area contributed by atoms with E-state index in [0.717, 1.165) is 57.3 Å². The zero-order chi connectivity index (χ0) is 19.9. The summed E-state index contributed by atoms with van der Waals surface area (Å²) in [5.74, 6) is 0.476. The molecule has 2 unspecified atom stereocenters. The molecule has 2 heterocycles. The molecular formula is C23H35N3O2. The molecule has 2 amide bonds. The van der Waals surface area contributed by atoms with Crippen LogP contribution in [0.1, 0.15) is 57.9 Å². The van der Waals surface area contributed by atoms with Crippen molar-refractivity contribution in [3.8, 4) is 0 Å². The van der Waals surface area contributed by atoms with E-state index in [4.69, 9.17) is 0 Å². The van der Waals surface area contributed by atoms with Crippen molar-refractivity contribution in [3.05, 3.63) is 35.9 Å². The number of benzene rings is 1. The van der Waals surface area contributed by atoms with Gasteiger partial charge in [-0.05, 0) is 64.1 Å². The first-order chi connectivity index (χ1) is 13.6. The highest BCUT2D eigenvalue weighted by Crippen LogP contribution is 2.24. The second kappa shape index (κ2) is 10.1. The predicted molar refractivity (Wildman–Crippen MR) is 112 cm³/mol. The number of piperidine rings is 2. The summed E-state index contributed by atoms with van der Waals surface area (Å²) in [5, 5.41) is 3.07. The van der Waals surface area contributed by atoms with Crippen molar-refractivity contribution in [3.63, 3.8) is 0 Å². The lowest BCUT2D eigenvalue weighted by Crippen LogP contribution is -2.54. The summed E-state index contributed by atoms with van der Waals surface area (Å²) in [7, 11) is 0. The maximum Gasteiger partial charge on any atom is 0.239 e. The lowest BCUT2D eigenvalue weighted by molar-refractivity contribution is -0.141. The van der Waals surface area contributed by atoms with Crippen LogP contribution in [-0.4, -0.2) is 53.3 Å². The van der Waals surface area contributed by atoms with Gasteiger partial charge in [-0.2, -0.15) is 0 Å². The Balaban J connectivity index is 1.46. The lowest BCUT2D eigenvalue weighted by atomic mass is 9.94. The molecule has 3 rings (SSSR count). The zero-order valence-electron chi connectivity index (χ0n) is 17.4. The summed E-state index contributed by atoms with van der Waals surface area (Å²) in [6, 6.07) is 10.3. The molecule has 0 bridgehead atoms. The minimum absolute atomic E-state index is 0.0561. The van der Waals surface area contributed by atoms with Crippen LogP contribution in [0.3, 0.4) is 0 Å². The Kier molecular flexibility index (Phi) is 7.49. The van der Waals surface area contributed by atoms with E-state index in [-0.39, 0.29) is 23.8 Å². The van der Waals surface area contributed by atoms with Crippen LogP contribution < -0.4 is 5.32 Å². The van der Waals surface area contributed by atoms with Gasteiger partial charge < -0.3 is 10.2 Å². The monoisotopic (exact) mass is 385 g/mol. The minimum Gasteiger partial charge on any atom is -0.352 e. The number of nitrogens with zero attached hydrogens (tertiary/aromatic N) is 2. The quantitative estimate of drug-likeness (QED) is 0.818. The smallest absolute Gasteiger partial charge is 0.239 e. The molecule has 1 N–H and O–H groups in total. The van der Waals surface area contributed by atoms with Gasteiger partial charge in [-0.25, -0.2) is 0 Å². The number of likely N-dealkylation sites (tertiary alicyclic amines) is 2. The van der Waals surface area contributed by atoms with E-state index in [1.807, 2.05) is 37.3 Å². The van der Waals surface area contributed by atoms with Gasteiger partial charge in [-0.3, -0.25) is 14.5 Å². The second-order valence-corrected chi connectivity index (χ2v) is 8.28. The van der Waals surface area contributed by atoms with Crippen LogP contribution in [0.2, 0.25) is 0 Å². The third-order valence-electron chi connectivity index (χ3n) is 6.50. The van der Waals surface area contributed by atoms with E-state index >= 15 is 0 Å². The second-order valence-electron chi connectivity index (χ2n) is 8.28. The van der Waals surface area contributed by atoms with Crippen LogP contribution in [0.5, 0.6) is 0 Å². The highest BCUT2D eigenvalue weighted by Gasteiger charge is 2.34. The maximum absolute atomic E-state index is 13.0. The van der Waals surface area contributed by atoms with Gasteiger partial charge in [0.15, 0.2) is 0 Å². The largest absolute Gasteiger partial charge is 0.352 e. The molecule has 2 atom stereocenters. The van der Waals surface area contributed by atoms with Crippen LogP contribution in [0, 0.1) is 5.92 Å². The summed E-state index contributed by atoms with van der Waals surface area (Å²) in [5.41, 5.74) is 1.12. The van der Waals surface area contributed by atoms with Gasteiger partial charge in [0.1, 0.15) is 0 Å². The van der Waals surface area contributed by atoms with E-state index in [1.54, 1.807) is 0 Å². The van der Waals surface area contributed by atoms with Crippen LogP contribution in [0.4, 0.5) is 0 Å². The average molecular weight is 386 g/mol. The van der Waals surface area contributed by atoms with Crippen LogP contribution in [0.25, 0.3) is 0 Å². The van der Waals surface area contributed by atoms with Gasteiger partial charge >= 0.3 is 0 Å². The maximum atomic E-state index is 13.0. The molecule has 2 saturated heterocycles. The summed E-state index contributed by atoms with van der Waals surface area (Å²) in [4.78, 5) is 29.9. The summed E-state index contributed by atoms with van der Waals surface area (Å²) >= 11 is 0. The van der Waals surface area contributed by atoms with Crippen molar-refractivity contribution in [1.82, 2.24) is 15.1 Å². The first-order valence-corrected chi connectivity index (χ1v) is 11.0. The molecule has 0 radical (unpaired) electrons. The number of hydrogen-bond donors (Lipinski definition) is 1. The Bertz CT molecular complexity index is 641. The van der Waals surface area contributed by atoms with E-state index in [2.05, 4.69) is 22.0 Å². The standard InChI is InChI=1S/C23H35N3O2/c1-3-21-11-7-8-14-26(21)23(28)18(2)25-15-12-20(13-16-25)22(27)24-17-19-9-5-4-6-10-19/h4-6,9-10,18,20-21H,3,7-8,11-17H2,1-2H3,(H,24,27). The Labute approximate surface area is 169 Å². The zero-order valence-corrected chi connectivity index (χ0v) is 17.4. The third-order valence-corrected chi connectivity index (χ3v) is 6.50. The molecule has 1 aromatic rings. The summed E-state index contributed by atoms with van der Waals surface area (Å²) in [6.45, 7) is 7.35.